The van der Waals surface area contributed by atoms with Crippen molar-refractivity contribution in [3.63, 3.8) is 0 Å². The molecule has 3 aliphatic rings. The van der Waals surface area contributed by atoms with Crippen LogP contribution in [0.15, 0.2) is 18.2 Å². The Balaban J connectivity index is 1.68. The van der Waals surface area contributed by atoms with Crippen LogP contribution in [0.2, 0.25) is 0 Å². The first-order valence-corrected chi connectivity index (χ1v) is 8.90. The number of nitrogens with zero attached hydrogens (tertiary/aromatic N) is 2. The van der Waals surface area contributed by atoms with Gasteiger partial charge in [0.25, 0.3) is 0 Å². The Hall–Kier alpha value is -1.55. The molecule has 0 N–H and O–H groups in total. The first-order chi connectivity index (χ1) is 11.1. The molecule has 2 aliphatic heterocycles. The first kappa shape index (κ1) is 15.0. The maximum absolute atomic E-state index is 12.3. The molecule has 1 saturated carbocycles. The number of hydrogen-bond acceptors (Lipinski definition) is 3. The Morgan fingerprint density at radius 2 is 1.96 bits per heavy atom. The van der Waals surface area contributed by atoms with Crippen LogP contribution in [-0.2, 0) is 16.0 Å². The summed E-state index contributed by atoms with van der Waals surface area (Å²) in [5.74, 6) is 1.44. The summed E-state index contributed by atoms with van der Waals surface area (Å²) in [4.78, 5) is 16.8. The number of morpholine rings is 1. The molecule has 2 atom stereocenters. The highest BCUT2D eigenvalue weighted by Gasteiger charge is 2.43. The zero-order valence-corrected chi connectivity index (χ0v) is 14.1. The predicted molar refractivity (Wildman–Crippen MR) is 92.0 cm³/mol. The second kappa shape index (κ2) is 5.82. The Bertz CT molecular complexity index is 605. The highest BCUT2D eigenvalue weighted by molar-refractivity contribution is 5.94. The molecular weight excluding hydrogens is 288 g/mol. The van der Waals surface area contributed by atoms with Crippen LogP contribution >= 0.6 is 0 Å². The van der Waals surface area contributed by atoms with Gasteiger partial charge >= 0.3 is 0 Å². The molecule has 4 rings (SSSR count). The summed E-state index contributed by atoms with van der Waals surface area (Å²) in [5, 5.41) is 0. The van der Waals surface area contributed by atoms with Gasteiger partial charge < -0.3 is 14.5 Å². The van der Waals surface area contributed by atoms with Crippen LogP contribution in [0.25, 0.3) is 0 Å². The number of amides is 1. The molecule has 0 aromatic heterocycles. The topological polar surface area (TPSA) is 32.8 Å². The van der Waals surface area contributed by atoms with Crippen LogP contribution in [0, 0.1) is 11.8 Å². The molecule has 0 radical (unpaired) electrons. The molecule has 2 heterocycles. The summed E-state index contributed by atoms with van der Waals surface area (Å²) in [6.45, 7) is 7.54. The van der Waals surface area contributed by atoms with Crippen molar-refractivity contribution in [1.82, 2.24) is 0 Å². The molecule has 1 saturated heterocycles. The molecule has 1 amide bonds. The van der Waals surface area contributed by atoms with E-state index in [-0.39, 0.29) is 5.91 Å². The highest BCUT2D eigenvalue weighted by Crippen LogP contribution is 2.45. The van der Waals surface area contributed by atoms with Gasteiger partial charge in [0.05, 0.1) is 13.2 Å². The Morgan fingerprint density at radius 1 is 1.22 bits per heavy atom. The fourth-order valence-electron chi connectivity index (χ4n) is 4.36. The van der Waals surface area contributed by atoms with E-state index < -0.39 is 0 Å². The Labute approximate surface area is 138 Å². The molecule has 1 aliphatic carbocycles. The van der Waals surface area contributed by atoms with E-state index in [0.717, 1.165) is 38.4 Å². The number of carbonyl (C=O) groups is 1. The van der Waals surface area contributed by atoms with Crippen LogP contribution in [-0.4, -0.2) is 38.3 Å². The fourth-order valence-corrected chi connectivity index (χ4v) is 4.36. The lowest BCUT2D eigenvalue weighted by atomic mass is 9.84. The molecule has 124 valence electrons. The third kappa shape index (κ3) is 2.74. The molecule has 4 heteroatoms. The van der Waals surface area contributed by atoms with Crippen LogP contribution in [0.3, 0.4) is 0 Å². The molecule has 1 aromatic rings. The van der Waals surface area contributed by atoms with Crippen LogP contribution in [0.1, 0.15) is 32.3 Å². The average Bonchev–Trinajstić information content (AvgIpc) is 3.38. The predicted octanol–water partition coefficient (Wildman–Crippen LogP) is 2.85. The average molecular weight is 314 g/mol. The zero-order chi connectivity index (χ0) is 16.0. The maximum atomic E-state index is 12.3. The quantitative estimate of drug-likeness (QED) is 0.841. The minimum Gasteiger partial charge on any atom is -0.378 e. The lowest BCUT2D eigenvalue weighted by Gasteiger charge is -2.42. The Morgan fingerprint density at radius 3 is 2.61 bits per heavy atom. The summed E-state index contributed by atoms with van der Waals surface area (Å²) in [7, 11) is 0. The van der Waals surface area contributed by atoms with Gasteiger partial charge in [0.2, 0.25) is 5.91 Å². The largest absolute Gasteiger partial charge is 0.378 e. The Kier molecular flexibility index (Phi) is 3.80. The standard InChI is InChI=1S/C19H26N2O2/c1-13-11-16-12-17(20-7-9-23-10-8-20)5-6-18(16)21(14(2)22)19(13)15-3-4-15/h5-6,12-13,15,19H,3-4,7-11H2,1-2H3. The van der Waals surface area contributed by atoms with Crippen LogP contribution < -0.4 is 9.80 Å². The van der Waals surface area contributed by atoms with Gasteiger partial charge in [0.1, 0.15) is 0 Å². The van der Waals surface area contributed by atoms with Gasteiger partial charge in [-0.15, -0.1) is 0 Å². The van der Waals surface area contributed by atoms with Gasteiger partial charge in [-0.3, -0.25) is 4.79 Å². The lowest BCUT2D eigenvalue weighted by Crippen LogP contribution is -2.48. The van der Waals surface area contributed by atoms with E-state index in [1.165, 1.54) is 24.1 Å². The van der Waals surface area contributed by atoms with Crippen molar-refractivity contribution in [3.05, 3.63) is 23.8 Å². The molecule has 1 aromatic carbocycles. The van der Waals surface area contributed by atoms with E-state index in [2.05, 4.69) is 34.9 Å². The zero-order valence-electron chi connectivity index (χ0n) is 14.1. The maximum Gasteiger partial charge on any atom is 0.224 e. The van der Waals surface area contributed by atoms with E-state index >= 15 is 0 Å². The molecule has 0 spiro atoms. The van der Waals surface area contributed by atoms with Crippen molar-refractivity contribution in [2.45, 2.75) is 39.2 Å². The van der Waals surface area contributed by atoms with E-state index in [4.69, 9.17) is 4.74 Å². The van der Waals surface area contributed by atoms with Crippen molar-refractivity contribution < 1.29 is 9.53 Å². The smallest absolute Gasteiger partial charge is 0.224 e. The number of hydrogen-bond donors (Lipinski definition) is 0. The van der Waals surface area contributed by atoms with E-state index in [1.54, 1.807) is 6.92 Å². The number of anilines is 2. The van der Waals surface area contributed by atoms with Crippen molar-refractivity contribution in [1.29, 1.82) is 0 Å². The summed E-state index contributed by atoms with van der Waals surface area (Å²) in [6, 6.07) is 7.05. The highest BCUT2D eigenvalue weighted by atomic mass is 16.5. The molecule has 4 nitrogen and oxygen atoms in total. The van der Waals surface area contributed by atoms with Gasteiger partial charge in [0.15, 0.2) is 0 Å². The van der Waals surface area contributed by atoms with Crippen molar-refractivity contribution >= 4 is 17.3 Å². The normalized spacial score (nSPS) is 27.7. The lowest BCUT2D eigenvalue weighted by molar-refractivity contribution is -0.117. The minimum absolute atomic E-state index is 0.189. The molecule has 23 heavy (non-hydrogen) atoms. The third-order valence-electron chi connectivity index (χ3n) is 5.57. The molecule has 0 bridgehead atoms. The number of fused-ring (bicyclic) bond motifs is 1. The molecule has 2 fully saturated rings. The second-order valence-electron chi connectivity index (χ2n) is 7.31. The van der Waals surface area contributed by atoms with Crippen LogP contribution in [0.4, 0.5) is 11.4 Å². The number of benzene rings is 1. The van der Waals surface area contributed by atoms with Gasteiger partial charge in [-0.1, -0.05) is 6.92 Å². The second-order valence-corrected chi connectivity index (χ2v) is 7.31. The molecule has 2 unspecified atom stereocenters. The number of rotatable bonds is 2. The SMILES string of the molecule is CC(=O)N1c2ccc(N3CCOCC3)cc2CC(C)C1C1CC1. The van der Waals surface area contributed by atoms with Crippen molar-refractivity contribution in [2.75, 3.05) is 36.1 Å². The summed E-state index contributed by atoms with van der Waals surface area (Å²) in [5.41, 5.74) is 3.74. The van der Waals surface area contributed by atoms with Gasteiger partial charge in [-0.05, 0) is 54.9 Å². The summed E-state index contributed by atoms with van der Waals surface area (Å²) >= 11 is 0. The summed E-state index contributed by atoms with van der Waals surface area (Å²) in [6.07, 6.45) is 3.64. The van der Waals surface area contributed by atoms with Gasteiger partial charge in [-0.25, -0.2) is 0 Å². The minimum atomic E-state index is 0.189. The van der Waals surface area contributed by atoms with E-state index in [1.807, 2.05) is 0 Å². The monoisotopic (exact) mass is 314 g/mol. The van der Waals surface area contributed by atoms with E-state index in [9.17, 15) is 4.79 Å². The van der Waals surface area contributed by atoms with Crippen molar-refractivity contribution in [2.24, 2.45) is 11.8 Å². The number of carbonyl (C=O) groups excluding carboxylic acids is 1. The first-order valence-electron chi connectivity index (χ1n) is 8.90. The van der Waals surface area contributed by atoms with Crippen LogP contribution in [0.5, 0.6) is 0 Å². The number of ether oxygens (including phenoxy) is 1. The molecular formula is C19H26N2O2. The fraction of sp³-hybridized carbons (Fsp3) is 0.632. The van der Waals surface area contributed by atoms with Gasteiger partial charge in [-0.2, -0.15) is 0 Å². The third-order valence-corrected chi connectivity index (χ3v) is 5.57. The van der Waals surface area contributed by atoms with Crippen molar-refractivity contribution in [3.8, 4) is 0 Å². The van der Waals surface area contributed by atoms with Gasteiger partial charge in [0, 0.05) is 37.4 Å². The van der Waals surface area contributed by atoms with E-state index in [0.29, 0.717) is 17.9 Å². The summed E-state index contributed by atoms with van der Waals surface area (Å²) < 4.78 is 5.45.